The topological polar surface area (TPSA) is 15.3 Å². The van der Waals surface area contributed by atoms with Gasteiger partial charge in [-0.05, 0) is 49.2 Å². The molecular formula is C17H20Cl2N2. The summed E-state index contributed by atoms with van der Waals surface area (Å²) in [6, 6.07) is 12.4. The summed E-state index contributed by atoms with van der Waals surface area (Å²) < 4.78 is 0. The van der Waals surface area contributed by atoms with Crippen molar-refractivity contribution in [1.29, 1.82) is 0 Å². The molecule has 21 heavy (non-hydrogen) atoms. The SMILES string of the molecule is Cc1cc(Cl)c(NC(C)c2ccc(N(C)C)cc2)cc1Cl. The van der Waals surface area contributed by atoms with Crippen LogP contribution in [0.2, 0.25) is 10.0 Å². The molecule has 1 atom stereocenters. The van der Waals surface area contributed by atoms with E-state index in [-0.39, 0.29) is 6.04 Å². The Kier molecular flexibility index (Phi) is 5.02. The largest absolute Gasteiger partial charge is 0.378 e. The molecule has 0 aromatic heterocycles. The van der Waals surface area contributed by atoms with Crippen molar-refractivity contribution in [1.82, 2.24) is 0 Å². The normalized spacial score (nSPS) is 12.1. The van der Waals surface area contributed by atoms with Crippen molar-refractivity contribution in [3.63, 3.8) is 0 Å². The number of rotatable bonds is 4. The maximum absolute atomic E-state index is 6.27. The van der Waals surface area contributed by atoms with Gasteiger partial charge in [0.1, 0.15) is 0 Å². The first-order valence-corrected chi connectivity index (χ1v) is 7.63. The zero-order valence-electron chi connectivity index (χ0n) is 12.7. The van der Waals surface area contributed by atoms with E-state index in [1.54, 1.807) is 0 Å². The third-order valence-electron chi connectivity index (χ3n) is 3.53. The summed E-state index contributed by atoms with van der Waals surface area (Å²) in [6.07, 6.45) is 0. The second kappa shape index (κ2) is 6.59. The summed E-state index contributed by atoms with van der Waals surface area (Å²) in [5, 5.41) is 4.82. The Labute approximate surface area is 136 Å². The van der Waals surface area contributed by atoms with Crippen molar-refractivity contribution in [2.45, 2.75) is 19.9 Å². The molecule has 0 heterocycles. The number of hydrogen-bond donors (Lipinski definition) is 1. The van der Waals surface area contributed by atoms with Crippen molar-refractivity contribution < 1.29 is 0 Å². The lowest BCUT2D eigenvalue weighted by atomic mass is 10.1. The summed E-state index contributed by atoms with van der Waals surface area (Å²) in [4.78, 5) is 2.08. The molecule has 0 aliphatic heterocycles. The molecule has 0 spiro atoms. The van der Waals surface area contributed by atoms with Crippen molar-refractivity contribution in [3.05, 3.63) is 57.6 Å². The Morgan fingerprint density at radius 1 is 1.00 bits per heavy atom. The number of hydrogen-bond acceptors (Lipinski definition) is 2. The van der Waals surface area contributed by atoms with Gasteiger partial charge in [0.2, 0.25) is 0 Å². The monoisotopic (exact) mass is 322 g/mol. The van der Waals surface area contributed by atoms with Crippen molar-refractivity contribution in [2.75, 3.05) is 24.3 Å². The number of benzene rings is 2. The fourth-order valence-electron chi connectivity index (χ4n) is 2.13. The molecule has 0 amide bonds. The van der Waals surface area contributed by atoms with Crippen LogP contribution in [0.25, 0.3) is 0 Å². The molecule has 2 aromatic carbocycles. The van der Waals surface area contributed by atoms with E-state index < -0.39 is 0 Å². The maximum atomic E-state index is 6.27. The molecule has 2 aromatic rings. The molecule has 112 valence electrons. The lowest BCUT2D eigenvalue weighted by Crippen LogP contribution is -2.10. The Morgan fingerprint density at radius 2 is 1.62 bits per heavy atom. The lowest BCUT2D eigenvalue weighted by Gasteiger charge is -2.19. The summed E-state index contributed by atoms with van der Waals surface area (Å²) in [7, 11) is 4.06. The molecule has 0 bridgehead atoms. The number of nitrogens with one attached hydrogen (secondary N) is 1. The number of nitrogens with zero attached hydrogens (tertiary/aromatic N) is 1. The molecule has 2 nitrogen and oxygen atoms in total. The van der Waals surface area contributed by atoms with Crippen LogP contribution in [-0.4, -0.2) is 14.1 Å². The minimum Gasteiger partial charge on any atom is -0.378 e. The first-order chi connectivity index (χ1) is 9.88. The molecular weight excluding hydrogens is 303 g/mol. The van der Waals surface area contributed by atoms with Crippen molar-refractivity contribution in [2.24, 2.45) is 0 Å². The molecule has 0 radical (unpaired) electrons. The van der Waals surface area contributed by atoms with Crippen LogP contribution in [0.1, 0.15) is 24.1 Å². The fraction of sp³-hybridized carbons (Fsp3) is 0.294. The Bertz CT molecular complexity index is 621. The molecule has 2 rings (SSSR count). The van der Waals surface area contributed by atoms with Crippen LogP contribution in [0.4, 0.5) is 11.4 Å². The first kappa shape index (κ1) is 16.0. The Balaban J connectivity index is 2.17. The summed E-state index contributed by atoms with van der Waals surface area (Å²) >= 11 is 12.4. The van der Waals surface area contributed by atoms with E-state index >= 15 is 0 Å². The zero-order chi connectivity index (χ0) is 15.6. The van der Waals surface area contributed by atoms with Gasteiger partial charge in [0.25, 0.3) is 0 Å². The summed E-state index contributed by atoms with van der Waals surface area (Å²) in [5.41, 5.74) is 4.22. The van der Waals surface area contributed by atoms with Gasteiger partial charge in [-0.25, -0.2) is 0 Å². The highest BCUT2D eigenvalue weighted by molar-refractivity contribution is 6.35. The lowest BCUT2D eigenvalue weighted by molar-refractivity contribution is 0.884. The summed E-state index contributed by atoms with van der Waals surface area (Å²) in [5.74, 6) is 0. The van der Waals surface area contributed by atoms with E-state index in [4.69, 9.17) is 23.2 Å². The standard InChI is InChI=1S/C17H20Cl2N2/c1-11-9-16(19)17(10-15(11)18)20-12(2)13-5-7-14(8-6-13)21(3)4/h5-10,12,20H,1-4H3. The molecule has 4 heteroatoms. The average Bonchev–Trinajstić information content (AvgIpc) is 2.44. The van der Waals surface area contributed by atoms with Gasteiger partial charge >= 0.3 is 0 Å². The van der Waals surface area contributed by atoms with E-state index in [1.165, 1.54) is 11.3 Å². The first-order valence-electron chi connectivity index (χ1n) is 6.88. The highest BCUT2D eigenvalue weighted by Gasteiger charge is 2.10. The number of halogens is 2. The van der Waals surface area contributed by atoms with Crippen LogP contribution in [0.15, 0.2) is 36.4 Å². The van der Waals surface area contributed by atoms with Crippen molar-refractivity contribution in [3.8, 4) is 0 Å². The smallest absolute Gasteiger partial charge is 0.0641 e. The van der Waals surface area contributed by atoms with E-state index in [9.17, 15) is 0 Å². The summed E-state index contributed by atoms with van der Waals surface area (Å²) in [6.45, 7) is 4.05. The molecule has 1 unspecified atom stereocenters. The maximum Gasteiger partial charge on any atom is 0.0641 e. The van der Waals surface area contributed by atoms with Gasteiger partial charge in [-0.15, -0.1) is 0 Å². The third kappa shape index (κ3) is 3.84. The molecule has 0 aliphatic rings. The van der Waals surface area contributed by atoms with Crippen LogP contribution >= 0.6 is 23.2 Å². The van der Waals surface area contributed by atoms with Gasteiger partial charge in [-0.1, -0.05) is 35.3 Å². The van der Waals surface area contributed by atoms with Crippen LogP contribution in [0.5, 0.6) is 0 Å². The third-order valence-corrected chi connectivity index (χ3v) is 4.25. The van der Waals surface area contributed by atoms with Crippen LogP contribution < -0.4 is 10.2 Å². The number of anilines is 2. The van der Waals surface area contributed by atoms with Crippen LogP contribution in [-0.2, 0) is 0 Å². The predicted molar refractivity (Wildman–Crippen MR) is 94.0 cm³/mol. The Hall–Kier alpha value is -1.38. The van der Waals surface area contributed by atoms with Crippen molar-refractivity contribution >= 4 is 34.6 Å². The minimum absolute atomic E-state index is 0.150. The number of aryl methyl sites for hydroxylation is 1. The fourth-order valence-corrected chi connectivity index (χ4v) is 2.57. The highest BCUT2D eigenvalue weighted by atomic mass is 35.5. The molecule has 1 N–H and O–H groups in total. The van der Waals surface area contributed by atoms with E-state index in [1.807, 2.05) is 33.2 Å². The zero-order valence-corrected chi connectivity index (χ0v) is 14.3. The van der Waals surface area contributed by atoms with E-state index in [2.05, 4.69) is 41.4 Å². The average molecular weight is 323 g/mol. The van der Waals surface area contributed by atoms with Gasteiger partial charge in [0.05, 0.1) is 10.7 Å². The van der Waals surface area contributed by atoms with Gasteiger partial charge in [0.15, 0.2) is 0 Å². The highest BCUT2D eigenvalue weighted by Crippen LogP contribution is 2.31. The second-order valence-electron chi connectivity index (χ2n) is 5.43. The minimum atomic E-state index is 0.150. The molecule has 0 fully saturated rings. The van der Waals surface area contributed by atoms with Gasteiger partial charge in [-0.3, -0.25) is 0 Å². The van der Waals surface area contributed by atoms with Crippen LogP contribution in [0.3, 0.4) is 0 Å². The van der Waals surface area contributed by atoms with Crippen LogP contribution in [0, 0.1) is 6.92 Å². The predicted octanol–water partition coefficient (Wildman–Crippen LogP) is 5.54. The van der Waals surface area contributed by atoms with Gasteiger partial charge in [0, 0.05) is 30.8 Å². The molecule has 0 saturated carbocycles. The van der Waals surface area contributed by atoms with E-state index in [0.717, 1.165) is 16.3 Å². The quantitative estimate of drug-likeness (QED) is 0.794. The van der Waals surface area contributed by atoms with E-state index in [0.29, 0.717) is 5.02 Å². The molecule has 0 aliphatic carbocycles. The molecule has 0 saturated heterocycles. The Morgan fingerprint density at radius 3 is 2.19 bits per heavy atom. The van der Waals surface area contributed by atoms with Gasteiger partial charge in [-0.2, -0.15) is 0 Å². The second-order valence-corrected chi connectivity index (χ2v) is 6.25. The van der Waals surface area contributed by atoms with Gasteiger partial charge < -0.3 is 10.2 Å².